The van der Waals surface area contributed by atoms with Gasteiger partial charge in [-0.25, -0.2) is 8.42 Å². The van der Waals surface area contributed by atoms with Crippen LogP contribution in [-0.2, 0) is 32.6 Å². The number of hydrogen-bond donors (Lipinski definition) is 1. The Morgan fingerprint density at radius 3 is 2.08 bits per heavy atom. The standard InChI is InChI=1S/C27H26Cl3N3O4S/c28-20-8-12-22(13-9-20)38(36,37)33(17-23-24(29)4-3-5-25(23)30)18-26(34)31-21-10-6-19(7-11-21)16-27(35)32-14-1-2-15-32/h3-13H,1-2,14-18H2,(H,31,34). The molecule has 0 aromatic heterocycles. The minimum Gasteiger partial charge on any atom is -0.342 e. The van der Waals surface area contributed by atoms with Gasteiger partial charge in [-0.1, -0.05) is 53.0 Å². The van der Waals surface area contributed by atoms with Crippen molar-refractivity contribution in [1.82, 2.24) is 9.21 Å². The van der Waals surface area contributed by atoms with Crippen LogP contribution in [0.2, 0.25) is 15.1 Å². The van der Waals surface area contributed by atoms with Gasteiger partial charge in [0.25, 0.3) is 0 Å². The number of carbonyl (C=O) groups excluding carboxylic acids is 2. The number of rotatable bonds is 9. The molecule has 0 saturated carbocycles. The lowest BCUT2D eigenvalue weighted by Crippen LogP contribution is -2.37. The summed E-state index contributed by atoms with van der Waals surface area (Å²) in [5, 5.41) is 3.68. The van der Waals surface area contributed by atoms with Gasteiger partial charge in [0, 0.05) is 46.0 Å². The zero-order valence-corrected chi connectivity index (χ0v) is 23.5. The summed E-state index contributed by atoms with van der Waals surface area (Å²) in [6.45, 7) is 0.889. The predicted octanol–water partition coefficient (Wildman–Crippen LogP) is 5.64. The van der Waals surface area contributed by atoms with E-state index in [0.717, 1.165) is 35.8 Å². The van der Waals surface area contributed by atoms with Gasteiger partial charge in [-0.15, -0.1) is 0 Å². The van der Waals surface area contributed by atoms with Crippen molar-refractivity contribution in [3.63, 3.8) is 0 Å². The lowest BCUT2D eigenvalue weighted by molar-refractivity contribution is -0.129. The first-order valence-corrected chi connectivity index (χ1v) is 14.6. The molecule has 0 unspecified atom stereocenters. The first-order chi connectivity index (χ1) is 18.1. The summed E-state index contributed by atoms with van der Waals surface area (Å²) < 4.78 is 28.0. The van der Waals surface area contributed by atoms with Crippen molar-refractivity contribution in [2.75, 3.05) is 25.0 Å². The molecule has 4 rings (SSSR count). The molecule has 0 atom stereocenters. The summed E-state index contributed by atoms with van der Waals surface area (Å²) in [4.78, 5) is 27.2. The van der Waals surface area contributed by atoms with Crippen molar-refractivity contribution in [3.8, 4) is 0 Å². The minimum atomic E-state index is -4.11. The van der Waals surface area contributed by atoms with Gasteiger partial charge in [0.1, 0.15) is 0 Å². The Kier molecular flexibility index (Phi) is 9.33. The molecule has 1 heterocycles. The smallest absolute Gasteiger partial charge is 0.243 e. The molecule has 0 bridgehead atoms. The summed E-state index contributed by atoms with van der Waals surface area (Å²) in [6, 6.07) is 17.5. The van der Waals surface area contributed by atoms with Gasteiger partial charge >= 0.3 is 0 Å². The number of benzene rings is 3. The predicted molar refractivity (Wildman–Crippen MR) is 150 cm³/mol. The number of likely N-dealkylation sites (tertiary alicyclic amines) is 1. The van der Waals surface area contributed by atoms with E-state index in [9.17, 15) is 18.0 Å². The SMILES string of the molecule is O=C(CN(Cc1c(Cl)cccc1Cl)S(=O)(=O)c1ccc(Cl)cc1)Nc1ccc(CC(=O)N2CCCC2)cc1. The number of nitrogens with zero attached hydrogens (tertiary/aromatic N) is 2. The maximum absolute atomic E-state index is 13.5. The molecule has 0 aliphatic carbocycles. The molecule has 2 amide bonds. The third-order valence-electron chi connectivity index (χ3n) is 6.22. The average Bonchev–Trinajstić information content (AvgIpc) is 3.42. The Morgan fingerprint density at radius 2 is 1.47 bits per heavy atom. The van der Waals surface area contributed by atoms with Crippen molar-refractivity contribution in [2.24, 2.45) is 0 Å². The molecular weight excluding hydrogens is 569 g/mol. The van der Waals surface area contributed by atoms with Crippen LogP contribution < -0.4 is 5.32 Å². The second-order valence-corrected chi connectivity index (χ2v) is 12.1. The van der Waals surface area contributed by atoms with Gasteiger partial charge in [0.05, 0.1) is 17.9 Å². The highest BCUT2D eigenvalue weighted by Gasteiger charge is 2.28. The molecule has 200 valence electrons. The summed E-state index contributed by atoms with van der Waals surface area (Å²) in [5.74, 6) is -0.466. The molecular formula is C27H26Cl3N3O4S. The molecule has 1 aliphatic heterocycles. The monoisotopic (exact) mass is 593 g/mol. The van der Waals surface area contributed by atoms with Crippen LogP contribution in [0.4, 0.5) is 5.69 Å². The van der Waals surface area contributed by atoms with Crippen LogP contribution in [0.5, 0.6) is 0 Å². The number of amides is 2. The summed E-state index contributed by atoms with van der Waals surface area (Å²) >= 11 is 18.5. The molecule has 0 radical (unpaired) electrons. The number of sulfonamides is 1. The number of nitrogens with one attached hydrogen (secondary N) is 1. The van der Waals surface area contributed by atoms with E-state index in [0.29, 0.717) is 22.7 Å². The van der Waals surface area contributed by atoms with E-state index >= 15 is 0 Å². The third kappa shape index (κ3) is 7.07. The maximum Gasteiger partial charge on any atom is 0.243 e. The van der Waals surface area contributed by atoms with Gasteiger partial charge in [0.2, 0.25) is 21.8 Å². The molecule has 1 fully saturated rings. The van der Waals surface area contributed by atoms with Gasteiger partial charge in [0.15, 0.2) is 0 Å². The average molecular weight is 595 g/mol. The van der Waals surface area contributed by atoms with E-state index < -0.39 is 22.5 Å². The van der Waals surface area contributed by atoms with E-state index in [1.54, 1.807) is 42.5 Å². The van der Waals surface area contributed by atoms with E-state index in [4.69, 9.17) is 34.8 Å². The van der Waals surface area contributed by atoms with Gasteiger partial charge in [-0.3, -0.25) is 9.59 Å². The highest BCUT2D eigenvalue weighted by molar-refractivity contribution is 7.89. The second kappa shape index (κ2) is 12.5. The van der Waals surface area contributed by atoms with Crippen molar-refractivity contribution < 1.29 is 18.0 Å². The van der Waals surface area contributed by atoms with Gasteiger partial charge in [-0.05, 0) is 66.9 Å². The van der Waals surface area contributed by atoms with Crippen LogP contribution in [0.3, 0.4) is 0 Å². The molecule has 7 nitrogen and oxygen atoms in total. The van der Waals surface area contributed by atoms with E-state index in [-0.39, 0.29) is 27.4 Å². The van der Waals surface area contributed by atoms with E-state index in [1.165, 1.54) is 24.3 Å². The third-order valence-corrected chi connectivity index (χ3v) is 8.99. The Hall–Kier alpha value is -2.62. The normalized spacial score (nSPS) is 13.6. The van der Waals surface area contributed by atoms with Crippen molar-refractivity contribution >= 4 is 62.3 Å². The summed E-state index contributed by atoms with van der Waals surface area (Å²) in [5.41, 5.74) is 1.69. The zero-order chi connectivity index (χ0) is 27.3. The van der Waals surface area contributed by atoms with Crippen LogP contribution in [0, 0.1) is 0 Å². The summed E-state index contributed by atoms with van der Waals surface area (Å²) in [7, 11) is -4.11. The molecule has 3 aromatic rings. The first-order valence-electron chi connectivity index (χ1n) is 12.0. The highest BCUT2D eigenvalue weighted by Crippen LogP contribution is 2.28. The van der Waals surface area contributed by atoms with Crippen molar-refractivity contribution in [1.29, 1.82) is 0 Å². The fourth-order valence-corrected chi connectivity index (χ4v) is 6.17. The van der Waals surface area contributed by atoms with Crippen molar-refractivity contribution in [2.45, 2.75) is 30.7 Å². The second-order valence-electron chi connectivity index (χ2n) is 8.94. The number of halogens is 3. The van der Waals surface area contributed by atoms with E-state index in [2.05, 4.69) is 5.32 Å². The number of anilines is 1. The largest absolute Gasteiger partial charge is 0.342 e. The molecule has 0 spiro atoms. The molecule has 1 saturated heterocycles. The minimum absolute atomic E-state index is 0.0232. The topological polar surface area (TPSA) is 86.8 Å². The molecule has 11 heteroatoms. The lowest BCUT2D eigenvalue weighted by atomic mass is 10.1. The van der Waals surface area contributed by atoms with Crippen LogP contribution in [0.25, 0.3) is 0 Å². The molecule has 1 aliphatic rings. The van der Waals surface area contributed by atoms with Crippen LogP contribution >= 0.6 is 34.8 Å². The Labute approximate surface area is 237 Å². The highest BCUT2D eigenvalue weighted by atomic mass is 35.5. The molecule has 38 heavy (non-hydrogen) atoms. The first kappa shape index (κ1) is 28.4. The van der Waals surface area contributed by atoms with Gasteiger partial charge < -0.3 is 10.2 Å². The quantitative estimate of drug-likeness (QED) is 0.347. The summed E-state index contributed by atoms with van der Waals surface area (Å²) in [6.07, 6.45) is 2.36. The zero-order valence-electron chi connectivity index (χ0n) is 20.4. The van der Waals surface area contributed by atoms with E-state index in [1.807, 2.05) is 4.90 Å². The number of carbonyl (C=O) groups is 2. The van der Waals surface area contributed by atoms with Gasteiger partial charge in [-0.2, -0.15) is 4.31 Å². The fraction of sp³-hybridized carbons (Fsp3) is 0.259. The molecule has 3 aromatic carbocycles. The Morgan fingerprint density at radius 1 is 0.868 bits per heavy atom. The Balaban J connectivity index is 1.49. The maximum atomic E-state index is 13.5. The Bertz CT molecular complexity index is 1390. The fourth-order valence-electron chi connectivity index (χ4n) is 4.16. The lowest BCUT2D eigenvalue weighted by Gasteiger charge is -2.23. The van der Waals surface area contributed by atoms with Crippen LogP contribution in [-0.4, -0.2) is 49.1 Å². The number of hydrogen-bond acceptors (Lipinski definition) is 4. The van der Waals surface area contributed by atoms with Crippen LogP contribution in [0.15, 0.2) is 71.6 Å². The molecule has 1 N–H and O–H groups in total. The van der Waals surface area contributed by atoms with Crippen LogP contribution in [0.1, 0.15) is 24.0 Å². The van der Waals surface area contributed by atoms with Crippen molar-refractivity contribution in [3.05, 3.63) is 92.9 Å².